The standard InChI is InChI=1S/C4H8O.CINO/c1-2-4-5-3-1;2-3-1-4/h1-4H2;. The molecule has 0 bridgehead atoms. The van der Waals surface area contributed by atoms with Gasteiger partial charge in [0.25, 0.3) is 0 Å². The molecule has 0 N–H and O–H groups in total. The molecule has 0 saturated carbocycles. The van der Waals surface area contributed by atoms with Crippen LogP contribution in [0.5, 0.6) is 0 Å². The van der Waals surface area contributed by atoms with E-state index < -0.39 is 0 Å². The zero-order chi connectivity index (χ0) is 6.95. The Morgan fingerprint density at radius 3 is 2.00 bits per heavy atom. The Morgan fingerprint density at radius 1 is 1.44 bits per heavy atom. The Labute approximate surface area is 68.0 Å². The van der Waals surface area contributed by atoms with E-state index in [0.29, 0.717) is 0 Å². The van der Waals surface area contributed by atoms with Crippen molar-refractivity contribution in [2.45, 2.75) is 12.8 Å². The second kappa shape index (κ2) is 8.07. The molecule has 3 nitrogen and oxygen atoms in total. The Balaban J connectivity index is 0.000000148. The van der Waals surface area contributed by atoms with Crippen molar-refractivity contribution in [1.29, 1.82) is 0 Å². The second-order valence-electron chi connectivity index (χ2n) is 1.50. The van der Waals surface area contributed by atoms with E-state index in [4.69, 9.17) is 9.53 Å². The second-order valence-corrected chi connectivity index (χ2v) is 1.98. The van der Waals surface area contributed by atoms with Crippen molar-refractivity contribution in [2.75, 3.05) is 13.2 Å². The monoisotopic (exact) mass is 241 g/mol. The van der Waals surface area contributed by atoms with Crippen molar-refractivity contribution in [1.82, 2.24) is 0 Å². The number of nitrogens with zero attached hydrogens (tertiary/aromatic N) is 1. The summed E-state index contributed by atoms with van der Waals surface area (Å²) >= 11 is 1.55. The van der Waals surface area contributed by atoms with E-state index in [9.17, 15) is 0 Å². The molecule has 1 saturated heterocycles. The van der Waals surface area contributed by atoms with Crippen molar-refractivity contribution in [3.05, 3.63) is 0 Å². The zero-order valence-electron chi connectivity index (χ0n) is 4.97. The maximum atomic E-state index is 8.87. The smallest absolute Gasteiger partial charge is 0.245 e. The normalized spacial score (nSPS) is 15.2. The van der Waals surface area contributed by atoms with Gasteiger partial charge in [0.2, 0.25) is 6.08 Å². The van der Waals surface area contributed by atoms with Gasteiger partial charge in [-0.3, -0.25) is 0 Å². The molecule has 4 heteroatoms. The SMILES string of the molecule is C1CCOC1.O=C=NI. The lowest BCUT2D eigenvalue weighted by molar-refractivity contribution is 0.198. The summed E-state index contributed by atoms with van der Waals surface area (Å²) in [4.78, 5) is 8.87. The summed E-state index contributed by atoms with van der Waals surface area (Å²) in [5.41, 5.74) is 0. The highest BCUT2D eigenvalue weighted by Gasteiger charge is 1.94. The first-order valence-electron chi connectivity index (χ1n) is 2.67. The third-order valence-corrected chi connectivity index (χ3v) is 1.06. The third kappa shape index (κ3) is 8.07. The van der Waals surface area contributed by atoms with Crippen molar-refractivity contribution in [3.8, 4) is 0 Å². The van der Waals surface area contributed by atoms with Gasteiger partial charge in [-0.25, -0.2) is 4.79 Å². The number of ether oxygens (including phenoxy) is 1. The first-order chi connectivity index (χ1) is 4.41. The summed E-state index contributed by atoms with van der Waals surface area (Å²) in [6.45, 7) is 2.00. The Morgan fingerprint density at radius 2 is 1.89 bits per heavy atom. The lowest BCUT2D eigenvalue weighted by Crippen LogP contribution is -1.74. The maximum Gasteiger partial charge on any atom is 0.245 e. The Bertz CT molecular complexity index is 89.5. The average molecular weight is 241 g/mol. The quantitative estimate of drug-likeness (QED) is 0.366. The van der Waals surface area contributed by atoms with Gasteiger partial charge in [-0.1, -0.05) is 0 Å². The van der Waals surface area contributed by atoms with Crippen LogP contribution in [0, 0.1) is 0 Å². The van der Waals surface area contributed by atoms with Gasteiger partial charge in [-0.2, -0.15) is 0 Å². The largest absolute Gasteiger partial charge is 0.381 e. The van der Waals surface area contributed by atoms with Crippen LogP contribution in [-0.4, -0.2) is 19.3 Å². The summed E-state index contributed by atoms with van der Waals surface area (Å²) in [6, 6.07) is 0. The molecule has 0 spiro atoms. The van der Waals surface area contributed by atoms with Gasteiger partial charge in [0.1, 0.15) is 0 Å². The predicted molar refractivity (Wildman–Crippen MR) is 42.2 cm³/mol. The average Bonchev–Trinajstić information content (AvgIpc) is 2.43. The van der Waals surface area contributed by atoms with Gasteiger partial charge >= 0.3 is 0 Å². The molecule has 1 fully saturated rings. The number of hydrogen-bond acceptors (Lipinski definition) is 3. The van der Waals surface area contributed by atoms with Crippen LogP contribution in [0.1, 0.15) is 12.8 Å². The molecule has 52 valence electrons. The van der Waals surface area contributed by atoms with Crippen LogP contribution in [0.2, 0.25) is 0 Å². The first kappa shape index (κ1) is 9.07. The molecule has 0 aromatic rings. The van der Waals surface area contributed by atoms with E-state index in [2.05, 4.69) is 3.21 Å². The van der Waals surface area contributed by atoms with Crippen molar-refractivity contribution in [3.63, 3.8) is 0 Å². The number of carbonyl (C=O) groups excluding carboxylic acids is 1. The number of rotatable bonds is 0. The van der Waals surface area contributed by atoms with Crippen LogP contribution in [-0.2, 0) is 9.53 Å². The van der Waals surface area contributed by atoms with Gasteiger partial charge in [0, 0.05) is 13.2 Å². The van der Waals surface area contributed by atoms with Gasteiger partial charge in [0.15, 0.2) is 0 Å². The molecule has 0 aliphatic carbocycles. The molecular weight excluding hydrogens is 233 g/mol. The van der Waals surface area contributed by atoms with Gasteiger partial charge in [-0.15, -0.1) is 3.21 Å². The maximum absolute atomic E-state index is 8.87. The van der Waals surface area contributed by atoms with Crippen molar-refractivity contribution < 1.29 is 9.53 Å². The zero-order valence-corrected chi connectivity index (χ0v) is 7.13. The fraction of sp³-hybridized carbons (Fsp3) is 0.800. The first-order valence-corrected chi connectivity index (χ1v) is 3.64. The fourth-order valence-corrected chi connectivity index (χ4v) is 0.510. The van der Waals surface area contributed by atoms with Crippen LogP contribution in [0.15, 0.2) is 3.21 Å². The van der Waals surface area contributed by atoms with Crippen molar-refractivity contribution in [2.24, 2.45) is 3.21 Å². The number of halogens is 1. The predicted octanol–water partition coefficient (Wildman–Crippen LogP) is 1.47. The van der Waals surface area contributed by atoms with Gasteiger partial charge < -0.3 is 4.74 Å². The molecule has 1 aliphatic rings. The lowest BCUT2D eigenvalue weighted by Gasteiger charge is -1.76. The van der Waals surface area contributed by atoms with Crippen LogP contribution < -0.4 is 0 Å². The molecule has 9 heavy (non-hydrogen) atoms. The molecule has 0 unspecified atom stereocenters. The molecule has 0 aromatic carbocycles. The highest BCUT2D eigenvalue weighted by atomic mass is 127. The molecule has 1 rings (SSSR count). The van der Waals surface area contributed by atoms with Gasteiger partial charge in [0.05, 0.1) is 22.9 Å². The van der Waals surface area contributed by atoms with E-state index in [1.807, 2.05) is 0 Å². The summed E-state index contributed by atoms with van der Waals surface area (Å²) in [5, 5.41) is 0. The molecule has 0 atom stereocenters. The topological polar surface area (TPSA) is 38.7 Å². The van der Waals surface area contributed by atoms with Crippen LogP contribution in [0.4, 0.5) is 0 Å². The van der Waals surface area contributed by atoms with E-state index in [1.54, 1.807) is 22.9 Å². The van der Waals surface area contributed by atoms with E-state index in [0.717, 1.165) is 13.2 Å². The fourth-order valence-electron chi connectivity index (χ4n) is 0.510. The van der Waals surface area contributed by atoms with Crippen molar-refractivity contribution >= 4 is 28.9 Å². The molecule has 1 heterocycles. The Hall–Kier alpha value is 0.0700. The molecule has 0 amide bonds. The molecule has 0 aromatic heterocycles. The van der Waals surface area contributed by atoms with E-state index in [1.165, 1.54) is 18.9 Å². The highest BCUT2D eigenvalue weighted by molar-refractivity contribution is 14.1. The van der Waals surface area contributed by atoms with Crippen LogP contribution in [0.3, 0.4) is 0 Å². The summed E-state index contributed by atoms with van der Waals surface area (Å²) in [5.74, 6) is 0. The van der Waals surface area contributed by atoms with Gasteiger partial charge in [-0.05, 0) is 12.8 Å². The highest BCUT2D eigenvalue weighted by Crippen LogP contribution is 1.98. The minimum absolute atomic E-state index is 1.00. The van der Waals surface area contributed by atoms with E-state index >= 15 is 0 Å². The molecular formula is C5H8INO2. The Kier molecular flexibility index (Phi) is 8.13. The summed E-state index contributed by atoms with van der Waals surface area (Å²) in [6.07, 6.45) is 3.85. The third-order valence-electron chi connectivity index (χ3n) is 0.862. The van der Waals surface area contributed by atoms with Crippen LogP contribution >= 0.6 is 22.9 Å². The summed E-state index contributed by atoms with van der Waals surface area (Å²) in [7, 11) is 0. The number of hydrogen-bond donors (Lipinski definition) is 0. The molecule has 1 aliphatic heterocycles. The minimum atomic E-state index is 1.00. The van der Waals surface area contributed by atoms with Crippen LogP contribution in [0.25, 0.3) is 0 Å². The minimum Gasteiger partial charge on any atom is -0.381 e. The summed E-state index contributed by atoms with van der Waals surface area (Å²) < 4.78 is 7.85. The molecule has 0 radical (unpaired) electrons. The number of isocyanates is 1. The lowest BCUT2D eigenvalue weighted by atomic mass is 10.4. The van der Waals surface area contributed by atoms with E-state index in [-0.39, 0.29) is 0 Å².